The van der Waals surface area contributed by atoms with Gasteiger partial charge in [-0.15, -0.1) is 0 Å². The topological polar surface area (TPSA) is 49.3 Å². The Hall–Kier alpha value is -1.51. The molecule has 0 aromatic heterocycles. The van der Waals surface area contributed by atoms with Gasteiger partial charge in [0, 0.05) is 17.2 Å². The smallest absolute Gasteiger partial charge is 0.251 e. The monoisotopic (exact) mass is 247 g/mol. The summed E-state index contributed by atoms with van der Waals surface area (Å²) in [6, 6.07) is 5.29. The van der Waals surface area contributed by atoms with Crippen LogP contribution in [0.1, 0.15) is 49.0 Å². The summed E-state index contributed by atoms with van der Waals surface area (Å²) in [5.74, 6) is 0.0942. The first-order valence-corrected chi connectivity index (χ1v) is 6.51. The number of carbonyl (C=O) groups is 1. The number of phenols is 1. The van der Waals surface area contributed by atoms with E-state index in [0.29, 0.717) is 11.1 Å². The van der Waals surface area contributed by atoms with E-state index in [1.165, 1.54) is 0 Å². The van der Waals surface area contributed by atoms with Crippen molar-refractivity contribution in [1.29, 1.82) is 0 Å². The lowest BCUT2D eigenvalue weighted by atomic mass is 9.87. The Kier molecular flexibility index (Phi) is 3.33. The van der Waals surface area contributed by atoms with Gasteiger partial charge in [-0.3, -0.25) is 4.79 Å². The summed E-state index contributed by atoms with van der Waals surface area (Å²) in [6.07, 6.45) is 3.35. The van der Waals surface area contributed by atoms with Crippen LogP contribution in [0.15, 0.2) is 18.2 Å². The van der Waals surface area contributed by atoms with Crippen molar-refractivity contribution in [2.75, 3.05) is 0 Å². The first-order valence-electron chi connectivity index (χ1n) is 6.51. The molecule has 1 fully saturated rings. The third-order valence-electron chi connectivity index (χ3n) is 4.11. The molecule has 0 saturated heterocycles. The quantitative estimate of drug-likeness (QED) is 0.844. The maximum absolute atomic E-state index is 12.2. The normalized spacial score (nSPS) is 21.8. The Labute approximate surface area is 108 Å². The van der Waals surface area contributed by atoms with Gasteiger partial charge >= 0.3 is 0 Å². The van der Waals surface area contributed by atoms with Gasteiger partial charge in [0.05, 0.1) is 0 Å². The molecule has 2 N–H and O–H groups in total. The van der Waals surface area contributed by atoms with E-state index in [1.54, 1.807) is 25.1 Å². The zero-order valence-electron chi connectivity index (χ0n) is 11.3. The molecule has 0 radical (unpaired) electrons. The van der Waals surface area contributed by atoms with E-state index in [1.807, 2.05) is 0 Å². The number of rotatable bonds is 2. The average molecular weight is 247 g/mol. The predicted molar refractivity (Wildman–Crippen MR) is 71.7 cm³/mol. The third kappa shape index (κ3) is 2.35. The van der Waals surface area contributed by atoms with Gasteiger partial charge < -0.3 is 10.4 Å². The average Bonchev–Trinajstić information content (AvgIpc) is 2.62. The number of amides is 1. The van der Waals surface area contributed by atoms with E-state index in [9.17, 15) is 9.90 Å². The number of phenolic OH excluding ortho intramolecular Hbond substituents is 1. The lowest BCUT2D eigenvalue weighted by Crippen LogP contribution is -2.41. The molecule has 2 rings (SSSR count). The molecule has 18 heavy (non-hydrogen) atoms. The van der Waals surface area contributed by atoms with Crippen LogP contribution >= 0.6 is 0 Å². The zero-order valence-corrected chi connectivity index (χ0v) is 11.3. The molecule has 1 amide bonds. The number of aromatic hydroxyl groups is 1. The summed E-state index contributed by atoms with van der Waals surface area (Å²) < 4.78 is 0. The highest BCUT2D eigenvalue weighted by Gasteiger charge is 2.35. The summed E-state index contributed by atoms with van der Waals surface area (Å²) in [6.45, 7) is 6.16. The van der Waals surface area contributed by atoms with Crippen molar-refractivity contribution in [3.8, 4) is 5.75 Å². The van der Waals surface area contributed by atoms with Crippen molar-refractivity contribution in [2.45, 2.75) is 46.1 Å². The van der Waals surface area contributed by atoms with Gasteiger partial charge in [0.1, 0.15) is 5.75 Å². The minimum Gasteiger partial charge on any atom is -0.508 e. The number of nitrogens with one attached hydrogen (secondary N) is 1. The van der Waals surface area contributed by atoms with Crippen LogP contribution in [0.25, 0.3) is 0 Å². The van der Waals surface area contributed by atoms with Gasteiger partial charge in [0.25, 0.3) is 5.91 Å². The van der Waals surface area contributed by atoms with Gasteiger partial charge in [0.15, 0.2) is 0 Å². The fraction of sp³-hybridized carbons (Fsp3) is 0.533. The Morgan fingerprint density at radius 2 is 2.17 bits per heavy atom. The minimum atomic E-state index is -0.0802. The van der Waals surface area contributed by atoms with Crippen molar-refractivity contribution in [1.82, 2.24) is 5.32 Å². The SMILES string of the molecule is Cc1c(O)cccc1C(=O)NC1CCCC1(C)C. The van der Waals surface area contributed by atoms with E-state index in [-0.39, 0.29) is 23.1 Å². The lowest BCUT2D eigenvalue weighted by Gasteiger charge is -2.28. The van der Waals surface area contributed by atoms with Crippen molar-refractivity contribution in [3.05, 3.63) is 29.3 Å². The Morgan fingerprint density at radius 1 is 1.44 bits per heavy atom. The standard InChI is InChI=1S/C15H21NO2/c1-10-11(6-4-7-12(10)17)14(18)16-13-8-5-9-15(13,2)3/h4,6-7,13,17H,5,8-9H2,1-3H3,(H,16,18). The van der Waals surface area contributed by atoms with Gasteiger partial charge in [-0.25, -0.2) is 0 Å². The maximum Gasteiger partial charge on any atom is 0.251 e. The van der Waals surface area contributed by atoms with E-state index in [4.69, 9.17) is 0 Å². The first kappa shape index (κ1) is 12.9. The largest absolute Gasteiger partial charge is 0.508 e. The zero-order chi connectivity index (χ0) is 13.3. The molecule has 0 aliphatic heterocycles. The Balaban J connectivity index is 2.15. The van der Waals surface area contributed by atoms with E-state index in [2.05, 4.69) is 19.2 Å². The molecule has 1 unspecified atom stereocenters. The maximum atomic E-state index is 12.2. The van der Waals surface area contributed by atoms with Crippen LogP contribution < -0.4 is 5.32 Å². The summed E-state index contributed by atoms with van der Waals surface area (Å²) in [5, 5.41) is 12.7. The molecule has 3 heteroatoms. The second-order valence-corrected chi connectivity index (χ2v) is 5.86. The molecule has 1 aliphatic rings. The molecule has 1 aromatic carbocycles. The highest BCUT2D eigenvalue weighted by atomic mass is 16.3. The number of benzene rings is 1. The van der Waals surface area contributed by atoms with E-state index >= 15 is 0 Å². The van der Waals surface area contributed by atoms with Crippen molar-refractivity contribution in [2.24, 2.45) is 5.41 Å². The van der Waals surface area contributed by atoms with Gasteiger partial charge in [-0.2, -0.15) is 0 Å². The molecule has 1 atom stereocenters. The molecular formula is C15H21NO2. The van der Waals surface area contributed by atoms with Crippen LogP contribution in [0, 0.1) is 12.3 Å². The Morgan fingerprint density at radius 3 is 2.78 bits per heavy atom. The second kappa shape index (κ2) is 4.63. The minimum absolute atomic E-state index is 0.0802. The van der Waals surface area contributed by atoms with Crippen molar-refractivity contribution >= 4 is 5.91 Å². The molecule has 1 aliphatic carbocycles. The van der Waals surface area contributed by atoms with E-state index < -0.39 is 0 Å². The fourth-order valence-corrected chi connectivity index (χ4v) is 2.70. The van der Waals surface area contributed by atoms with Gasteiger partial charge in [-0.05, 0) is 37.3 Å². The van der Waals surface area contributed by atoms with Crippen LogP contribution in [-0.4, -0.2) is 17.1 Å². The van der Waals surface area contributed by atoms with Gasteiger partial charge in [0.2, 0.25) is 0 Å². The molecule has 3 nitrogen and oxygen atoms in total. The highest BCUT2D eigenvalue weighted by molar-refractivity contribution is 5.96. The molecule has 0 heterocycles. The number of hydrogen-bond acceptors (Lipinski definition) is 2. The molecule has 0 spiro atoms. The molecule has 1 aromatic rings. The lowest BCUT2D eigenvalue weighted by molar-refractivity contribution is 0.0909. The summed E-state index contributed by atoms with van der Waals surface area (Å²) >= 11 is 0. The second-order valence-electron chi connectivity index (χ2n) is 5.86. The fourth-order valence-electron chi connectivity index (χ4n) is 2.70. The highest BCUT2D eigenvalue weighted by Crippen LogP contribution is 2.37. The third-order valence-corrected chi connectivity index (χ3v) is 4.11. The molecule has 1 saturated carbocycles. The summed E-state index contributed by atoms with van der Waals surface area (Å²) in [4.78, 5) is 12.2. The molecule has 98 valence electrons. The van der Waals surface area contributed by atoms with Crippen LogP contribution in [0.4, 0.5) is 0 Å². The van der Waals surface area contributed by atoms with Crippen molar-refractivity contribution < 1.29 is 9.90 Å². The number of hydrogen-bond donors (Lipinski definition) is 2. The summed E-state index contributed by atoms with van der Waals surface area (Å²) in [5.41, 5.74) is 1.38. The van der Waals surface area contributed by atoms with Crippen molar-refractivity contribution in [3.63, 3.8) is 0 Å². The van der Waals surface area contributed by atoms with Crippen LogP contribution in [0.3, 0.4) is 0 Å². The summed E-state index contributed by atoms with van der Waals surface area (Å²) in [7, 11) is 0. The van der Waals surface area contributed by atoms with Gasteiger partial charge in [-0.1, -0.05) is 26.3 Å². The van der Waals surface area contributed by atoms with Crippen LogP contribution in [0.5, 0.6) is 5.75 Å². The predicted octanol–water partition coefficient (Wildman–Crippen LogP) is 3.01. The first-order chi connectivity index (χ1) is 8.42. The van der Waals surface area contributed by atoms with Crippen LogP contribution in [-0.2, 0) is 0 Å². The number of carbonyl (C=O) groups excluding carboxylic acids is 1. The van der Waals surface area contributed by atoms with Crippen LogP contribution in [0.2, 0.25) is 0 Å². The molecular weight excluding hydrogens is 226 g/mol. The van der Waals surface area contributed by atoms with E-state index in [0.717, 1.165) is 19.3 Å². The Bertz CT molecular complexity index is 466. The molecule has 0 bridgehead atoms.